The molecule has 1 aromatic rings. The lowest BCUT2D eigenvalue weighted by Crippen LogP contribution is -2.09. The summed E-state index contributed by atoms with van der Waals surface area (Å²) in [4.78, 5) is 10.7. The van der Waals surface area contributed by atoms with Crippen LogP contribution in [-0.4, -0.2) is 36.1 Å². The number of hydrogen-bond acceptors (Lipinski definition) is 3. The Morgan fingerprint density at radius 2 is 1.95 bits per heavy atom. The van der Waals surface area contributed by atoms with E-state index in [4.69, 9.17) is 5.11 Å². The molecule has 0 aliphatic heterocycles. The molecular formula is C10H12F3NO4S. The van der Waals surface area contributed by atoms with Gasteiger partial charge < -0.3 is 9.67 Å². The van der Waals surface area contributed by atoms with Crippen LogP contribution in [0, 0.1) is 0 Å². The first-order valence-electron chi connectivity index (χ1n) is 5.18. The topological polar surface area (TPSA) is 76.4 Å². The third-order valence-corrected chi connectivity index (χ3v) is 3.38. The molecule has 0 unspecified atom stereocenters. The number of carboxylic acids is 1. The maximum atomic E-state index is 12.6. The van der Waals surface area contributed by atoms with E-state index < -0.39 is 33.1 Å². The smallest absolute Gasteiger partial charge is 0.418 e. The Labute approximate surface area is 107 Å². The van der Waals surface area contributed by atoms with Crippen molar-refractivity contribution in [1.82, 2.24) is 4.57 Å². The van der Waals surface area contributed by atoms with Gasteiger partial charge >= 0.3 is 12.1 Å². The average molecular weight is 299 g/mol. The summed E-state index contributed by atoms with van der Waals surface area (Å²) >= 11 is 0. The van der Waals surface area contributed by atoms with Gasteiger partial charge in [-0.2, -0.15) is 13.2 Å². The van der Waals surface area contributed by atoms with E-state index in [1.807, 2.05) is 0 Å². The highest BCUT2D eigenvalue weighted by Gasteiger charge is 2.36. The molecule has 1 heterocycles. The Hall–Kier alpha value is -1.51. The Morgan fingerprint density at radius 3 is 2.32 bits per heavy atom. The van der Waals surface area contributed by atoms with Crippen LogP contribution in [0.25, 0.3) is 0 Å². The Bertz CT molecular complexity index is 574. The summed E-state index contributed by atoms with van der Waals surface area (Å²) in [7, 11) is -3.19. The maximum absolute atomic E-state index is 12.6. The highest BCUT2D eigenvalue weighted by Crippen LogP contribution is 2.32. The fourth-order valence-corrected chi connectivity index (χ4v) is 2.20. The normalized spacial score (nSPS) is 12.6. The van der Waals surface area contributed by atoms with Crippen LogP contribution < -0.4 is 0 Å². The first-order chi connectivity index (χ1) is 8.50. The lowest BCUT2D eigenvalue weighted by atomic mass is 10.2. The number of halogens is 3. The molecule has 0 bridgehead atoms. The molecule has 0 aliphatic carbocycles. The summed E-state index contributed by atoms with van der Waals surface area (Å²) < 4.78 is 60.5. The standard InChI is InChI=1S/C10H12F3NO4S/c1-19(17,18)4-2-3-14-5-7(9(15)16)8(6-14)10(11,12)13/h5-6H,2-4H2,1H3,(H,15,16). The molecule has 0 saturated heterocycles. The minimum atomic E-state index is -4.75. The van der Waals surface area contributed by atoms with Crippen LogP contribution >= 0.6 is 0 Å². The van der Waals surface area contributed by atoms with E-state index in [0.717, 1.165) is 17.0 Å². The molecule has 0 aliphatic rings. The number of hydrogen-bond donors (Lipinski definition) is 1. The van der Waals surface area contributed by atoms with E-state index in [2.05, 4.69) is 0 Å². The van der Waals surface area contributed by atoms with Gasteiger partial charge in [0.25, 0.3) is 0 Å². The van der Waals surface area contributed by atoms with Crippen molar-refractivity contribution in [2.45, 2.75) is 19.1 Å². The van der Waals surface area contributed by atoms with Gasteiger partial charge in [-0.1, -0.05) is 0 Å². The zero-order valence-electron chi connectivity index (χ0n) is 9.94. The molecule has 0 atom stereocenters. The van der Waals surface area contributed by atoms with Crippen LogP contribution in [0.15, 0.2) is 12.4 Å². The molecule has 0 radical (unpaired) electrons. The van der Waals surface area contributed by atoms with Gasteiger partial charge in [0, 0.05) is 25.2 Å². The maximum Gasteiger partial charge on any atom is 0.418 e. The van der Waals surface area contributed by atoms with Crippen LogP contribution in [0.5, 0.6) is 0 Å². The molecule has 1 rings (SSSR count). The number of alkyl halides is 3. The number of nitrogens with zero attached hydrogens (tertiary/aromatic N) is 1. The quantitative estimate of drug-likeness (QED) is 0.896. The molecule has 1 aromatic heterocycles. The molecule has 9 heteroatoms. The molecule has 108 valence electrons. The summed E-state index contributed by atoms with van der Waals surface area (Å²) in [6.07, 6.45) is -2.09. The van der Waals surface area contributed by atoms with Gasteiger partial charge in [0.1, 0.15) is 9.84 Å². The van der Waals surface area contributed by atoms with Crippen LogP contribution in [0.2, 0.25) is 0 Å². The second-order valence-corrected chi connectivity index (χ2v) is 6.37. The summed E-state index contributed by atoms with van der Waals surface area (Å²) in [5.41, 5.74) is -2.08. The van der Waals surface area contributed by atoms with Crippen LogP contribution in [0.3, 0.4) is 0 Å². The number of rotatable bonds is 5. The Balaban J connectivity index is 2.90. The molecular weight excluding hydrogens is 287 g/mol. The molecule has 19 heavy (non-hydrogen) atoms. The molecule has 0 amide bonds. The number of carboxylic acid groups (broad SMARTS) is 1. The number of aromatic carboxylic acids is 1. The Kier molecular flexibility index (Phi) is 4.28. The zero-order valence-corrected chi connectivity index (χ0v) is 10.8. The summed E-state index contributed by atoms with van der Waals surface area (Å²) in [5, 5.41) is 8.69. The number of aryl methyl sites for hydroxylation is 1. The molecule has 5 nitrogen and oxygen atoms in total. The van der Waals surface area contributed by atoms with E-state index >= 15 is 0 Å². The van der Waals surface area contributed by atoms with Crippen LogP contribution in [-0.2, 0) is 22.6 Å². The van der Waals surface area contributed by atoms with Crippen molar-refractivity contribution in [3.8, 4) is 0 Å². The van der Waals surface area contributed by atoms with Crippen molar-refractivity contribution in [2.24, 2.45) is 0 Å². The van der Waals surface area contributed by atoms with Gasteiger partial charge in [-0.3, -0.25) is 0 Å². The van der Waals surface area contributed by atoms with Crippen LogP contribution in [0.4, 0.5) is 13.2 Å². The minimum absolute atomic E-state index is 0.00340. The number of aromatic nitrogens is 1. The van der Waals surface area contributed by atoms with Crippen molar-refractivity contribution in [2.75, 3.05) is 12.0 Å². The molecule has 0 fully saturated rings. The average Bonchev–Trinajstić information content (AvgIpc) is 2.59. The summed E-state index contributed by atoms with van der Waals surface area (Å²) in [5.74, 6) is -1.84. The van der Waals surface area contributed by atoms with Gasteiger partial charge in [0.15, 0.2) is 0 Å². The predicted octanol–water partition coefficient (Wildman–Crippen LogP) is 1.64. The lowest BCUT2D eigenvalue weighted by molar-refractivity contribution is -0.138. The van der Waals surface area contributed by atoms with E-state index in [9.17, 15) is 26.4 Å². The summed E-state index contributed by atoms with van der Waals surface area (Å²) in [6.45, 7) is 0.00340. The monoisotopic (exact) mass is 299 g/mol. The first-order valence-corrected chi connectivity index (χ1v) is 7.25. The second kappa shape index (κ2) is 5.24. The highest BCUT2D eigenvalue weighted by molar-refractivity contribution is 7.90. The fourth-order valence-electron chi connectivity index (χ4n) is 1.54. The molecule has 0 aromatic carbocycles. The molecule has 0 spiro atoms. The lowest BCUT2D eigenvalue weighted by Gasteiger charge is -2.04. The third-order valence-electron chi connectivity index (χ3n) is 2.35. The SMILES string of the molecule is CS(=O)(=O)CCCn1cc(C(=O)O)c(C(F)(F)F)c1. The van der Waals surface area contributed by atoms with E-state index in [1.165, 1.54) is 0 Å². The van der Waals surface area contributed by atoms with Gasteiger partial charge in [-0.25, -0.2) is 13.2 Å². The summed E-state index contributed by atoms with van der Waals surface area (Å²) in [6, 6.07) is 0. The molecule has 1 N–H and O–H groups in total. The van der Waals surface area contributed by atoms with Crippen LogP contribution in [0.1, 0.15) is 22.3 Å². The highest BCUT2D eigenvalue weighted by atomic mass is 32.2. The third kappa shape index (κ3) is 4.58. The van der Waals surface area contributed by atoms with Gasteiger partial charge in [-0.15, -0.1) is 0 Å². The van der Waals surface area contributed by atoms with Gasteiger partial charge in [0.05, 0.1) is 16.9 Å². The van der Waals surface area contributed by atoms with E-state index in [1.54, 1.807) is 0 Å². The van der Waals surface area contributed by atoms with Gasteiger partial charge in [-0.05, 0) is 6.42 Å². The van der Waals surface area contributed by atoms with E-state index in [-0.39, 0.29) is 18.7 Å². The fraction of sp³-hybridized carbons (Fsp3) is 0.500. The van der Waals surface area contributed by atoms with E-state index in [0.29, 0.717) is 6.20 Å². The van der Waals surface area contributed by atoms with Crippen molar-refractivity contribution >= 4 is 15.8 Å². The minimum Gasteiger partial charge on any atom is -0.478 e. The molecule has 0 saturated carbocycles. The number of sulfone groups is 1. The van der Waals surface area contributed by atoms with Crippen molar-refractivity contribution in [3.05, 3.63) is 23.5 Å². The van der Waals surface area contributed by atoms with Crippen molar-refractivity contribution in [1.29, 1.82) is 0 Å². The first kappa shape index (κ1) is 15.5. The largest absolute Gasteiger partial charge is 0.478 e. The number of carbonyl (C=O) groups is 1. The second-order valence-electron chi connectivity index (χ2n) is 4.11. The zero-order chi connectivity index (χ0) is 14.8. The van der Waals surface area contributed by atoms with Crippen molar-refractivity contribution < 1.29 is 31.5 Å². The van der Waals surface area contributed by atoms with Gasteiger partial charge in [0.2, 0.25) is 0 Å². The van der Waals surface area contributed by atoms with Crippen molar-refractivity contribution in [3.63, 3.8) is 0 Å². The predicted molar refractivity (Wildman–Crippen MR) is 60.7 cm³/mol. The Morgan fingerprint density at radius 1 is 1.37 bits per heavy atom.